The van der Waals surface area contributed by atoms with E-state index in [2.05, 4.69) is 9.84 Å². The quantitative estimate of drug-likeness (QED) is 0.777. The summed E-state index contributed by atoms with van der Waals surface area (Å²) in [6.07, 6.45) is -1.50. The normalized spacial score (nSPS) is 14.5. The maximum atomic E-state index is 12.6. The average molecular weight is 340 g/mol. The summed E-state index contributed by atoms with van der Waals surface area (Å²) in [5.74, 6) is -0.853. The van der Waals surface area contributed by atoms with Crippen LogP contribution in [0.1, 0.15) is 41.7 Å². The van der Waals surface area contributed by atoms with E-state index in [0.29, 0.717) is 5.56 Å². The molecule has 128 valence electrons. The summed E-state index contributed by atoms with van der Waals surface area (Å²) in [6.45, 7) is 1.82. The number of aromatic nitrogens is 2. The molecule has 0 amide bonds. The number of rotatable bonds is 5. The van der Waals surface area contributed by atoms with Gasteiger partial charge in [-0.25, -0.2) is 9.48 Å². The Morgan fingerprint density at radius 1 is 1.33 bits per heavy atom. The number of nitrogens with zero attached hydrogens (tertiary/aromatic N) is 2. The maximum Gasteiger partial charge on any atom is 0.573 e. The highest BCUT2D eigenvalue weighted by Crippen LogP contribution is 2.42. The van der Waals surface area contributed by atoms with Gasteiger partial charge in [0, 0.05) is 5.56 Å². The van der Waals surface area contributed by atoms with Gasteiger partial charge < -0.3 is 9.47 Å². The van der Waals surface area contributed by atoms with Crippen molar-refractivity contribution in [2.24, 2.45) is 0 Å². The van der Waals surface area contributed by atoms with E-state index < -0.39 is 18.1 Å². The summed E-state index contributed by atoms with van der Waals surface area (Å²) >= 11 is 0. The van der Waals surface area contributed by atoms with Gasteiger partial charge in [0.2, 0.25) is 0 Å². The van der Waals surface area contributed by atoms with E-state index in [0.717, 1.165) is 17.5 Å². The van der Waals surface area contributed by atoms with Crippen LogP contribution >= 0.6 is 0 Å². The molecule has 1 aromatic heterocycles. The third-order valence-corrected chi connectivity index (χ3v) is 3.60. The number of carbonyl (C=O) groups excluding carboxylic acids is 1. The molecule has 2 aromatic rings. The Morgan fingerprint density at radius 2 is 2.04 bits per heavy atom. The molecule has 24 heavy (non-hydrogen) atoms. The molecule has 1 aliphatic carbocycles. The Kier molecular flexibility index (Phi) is 4.21. The highest BCUT2D eigenvalue weighted by Gasteiger charge is 2.35. The molecule has 0 atom stereocenters. The second kappa shape index (κ2) is 6.18. The highest BCUT2D eigenvalue weighted by atomic mass is 19.4. The predicted molar refractivity (Wildman–Crippen MR) is 78.2 cm³/mol. The Labute approximate surface area is 136 Å². The minimum Gasteiger partial charge on any atom is -0.461 e. The van der Waals surface area contributed by atoms with Crippen LogP contribution in [0, 0.1) is 0 Å². The van der Waals surface area contributed by atoms with Crippen LogP contribution in [-0.4, -0.2) is 28.7 Å². The summed E-state index contributed by atoms with van der Waals surface area (Å²) in [5.41, 5.74) is 0.873. The Hall–Kier alpha value is -2.51. The SMILES string of the molecule is CCOC(=O)c1c(C2CC2)cnn1-c1ccccc1OC(F)(F)F. The molecule has 1 heterocycles. The van der Waals surface area contributed by atoms with Crippen molar-refractivity contribution in [1.29, 1.82) is 0 Å². The first-order chi connectivity index (χ1) is 11.4. The van der Waals surface area contributed by atoms with Gasteiger partial charge in [-0.2, -0.15) is 5.10 Å². The summed E-state index contributed by atoms with van der Waals surface area (Å²) < 4.78 is 48.1. The third-order valence-electron chi connectivity index (χ3n) is 3.60. The van der Waals surface area contributed by atoms with Crippen LogP contribution < -0.4 is 4.74 Å². The van der Waals surface area contributed by atoms with Crippen LogP contribution in [-0.2, 0) is 4.74 Å². The van der Waals surface area contributed by atoms with E-state index in [4.69, 9.17) is 4.74 Å². The zero-order chi connectivity index (χ0) is 17.3. The molecule has 3 rings (SSSR count). The zero-order valence-electron chi connectivity index (χ0n) is 12.8. The van der Waals surface area contributed by atoms with Crippen molar-refractivity contribution in [2.75, 3.05) is 6.61 Å². The second-order valence-electron chi connectivity index (χ2n) is 5.37. The van der Waals surface area contributed by atoms with Crippen LogP contribution in [0.4, 0.5) is 13.2 Å². The first-order valence-corrected chi connectivity index (χ1v) is 7.51. The van der Waals surface area contributed by atoms with Crippen molar-refractivity contribution >= 4 is 5.97 Å². The first kappa shape index (κ1) is 16.4. The Bertz CT molecular complexity index is 751. The van der Waals surface area contributed by atoms with E-state index in [9.17, 15) is 18.0 Å². The molecule has 0 spiro atoms. The van der Waals surface area contributed by atoms with Gasteiger partial charge in [0.15, 0.2) is 11.4 Å². The number of alkyl halides is 3. The van der Waals surface area contributed by atoms with Gasteiger partial charge >= 0.3 is 12.3 Å². The summed E-state index contributed by atoms with van der Waals surface area (Å²) in [7, 11) is 0. The molecule has 1 saturated carbocycles. The minimum atomic E-state index is -4.84. The average Bonchev–Trinajstić information content (AvgIpc) is 3.25. The van der Waals surface area contributed by atoms with E-state index in [1.165, 1.54) is 24.4 Å². The van der Waals surface area contributed by atoms with Gasteiger partial charge in [0.1, 0.15) is 5.69 Å². The van der Waals surface area contributed by atoms with E-state index in [1.54, 1.807) is 13.0 Å². The molecule has 1 aromatic carbocycles. The number of halogens is 3. The fraction of sp³-hybridized carbons (Fsp3) is 0.375. The summed E-state index contributed by atoms with van der Waals surface area (Å²) in [4.78, 5) is 12.3. The number of esters is 1. The standard InChI is InChI=1S/C16H15F3N2O3/c1-2-23-15(22)14-11(10-7-8-10)9-20-21(14)12-5-3-4-6-13(12)24-16(17,18)19/h3-6,9-10H,2,7-8H2,1H3. The molecule has 0 radical (unpaired) electrons. The monoisotopic (exact) mass is 340 g/mol. The fourth-order valence-corrected chi connectivity index (χ4v) is 2.48. The van der Waals surface area contributed by atoms with Crippen molar-refractivity contribution < 1.29 is 27.4 Å². The van der Waals surface area contributed by atoms with Gasteiger partial charge in [-0.1, -0.05) is 12.1 Å². The van der Waals surface area contributed by atoms with E-state index in [-0.39, 0.29) is 23.9 Å². The lowest BCUT2D eigenvalue weighted by atomic mass is 10.1. The molecule has 1 aliphatic rings. The first-order valence-electron chi connectivity index (χ1n) is 7.51. The molecule has 5 nitrogen and oxygen atoms in total. The largest absolute Gasteiger partial charge is 0.573 e. The molecule has 1 fully saturated rings. The molecule has 8 heteroatoms. The van der Waals surface area contributed by atoms with Crippen molar-refractivity contribution in [1.82, 2.24) is 9.78 Å². The van der Waals surface area contributed by atoms with Crippen molar-refractivity contribution in [2.45, 2.75) is 32.0 Å². The van der Waals surface area contributed by atoms with Gasteiger partial charge in [0.05, 0.1) is 12.8 Å². The smallest absolute Gasteiger partial charge is 0.461 e. The Morgan fingerprint density at radius 3 is 2.67 bits per heavy atom. The lowest BCUT2D eigenvalue weighted by Crippen LogP contribution is -2.20. The number of carbonyl (C=O) groups is 1. The van der Waals surface area contributed by atoms with Crippen LogP contribution in [0.25, 0.3) is 5.69 Å². The second-order valence-corrected chi connectivity index (χ2v) is 5.37. The van der Waals surface area contributed by atoms with Gasteiger partial charge in [0.25, 0.3) is 0 Å². The van der Waals surface area contributed by atoms with Crippen LogP contribution in [0.5, 0.6) is 5.75 Å². The summed E-state index contributed by atoms with van der Waals surface area (Å²) in [5, 5.41) is 4.11. The highest BCUT2D eigenvalue weighted by molar-refractivity contribution is 5.90. The molecule has 0 unspecified atom stereocenters. The number of ether oxygens (including phenoxy) is 2. The van der Waals surface area contributed by atoms with Gasteiger partial charge in [-0.15, -0.1) is 13.2 Å². The van der Waals surface area contributed by atoms with E-state index >= 15 is 0 Å². The van der Waals surface area contributed by atoms with Gasteiger partial charge in [-0.05, 0) is 37.8 Å². The maximum absolute atomic E-state index is 12.6. The fourth-order valence-electron chi connectivity index (χ4n) is 2.48. The molecule has 0 bridgehead atoms. The number of para-hydroxylation sites is 2. The minimum absolute atomic E-state index is 0.0322. The topological polar surface area (TPSA) is 53.3 Å². The van der Waals surface area contributed by atoms with Crippen molar-refractivity contribution in [3.63, 3.8) is 0 Å². The molecule has 0 saturated heterocycles. The van der Waals surface area contributed by atoms with Crippen molar-refractivity contribution in [3.8, 4) is 11.4 Å². The van der Waals surface area contributed by atoms with Crippen LogP contribution in [0.2, 0.25) is 0 Å². The number of hydrogen-bond donors (Lipinski definition) is 0. The lowest BCUT2D eigenvalue weighted by Gasteiger charge is -2.15. The zero-order valence-corrected chi connectivity index (χ0v) is 12.8. The molecule has 0 N–H and O–H groups in total. The third kappa shape index (κ3) is 3.37. The van der Waals surface area contributed by atoms with Crippen LogP contribution in [0.15, 0.2) is 30.5 Å². The van der Waals surface area contributed by atoms with Crippen molar-refractivity contribution in [3.05, 3.63) is 41.7 Å². The Balaban J connectivity index is 2.08. The van der Waals surface area contributed by atoms with Gasteiger partial charge in [-0.3, -0.25) is 0 Å². The predicted octanol–water partition coefficient (Wildman–Crippen LogP) is 3.83. The summed E-state index contributed by atoms with van der Waals surface area (Å²) in [6, 6.07) is 5.55. The number of hydrogen-bond acceptors (Lipinski definition) is 4. The molecular formula is C16H15F3N2O3. The van der Waals surface area contributed by atoms with E-state index in [1.807, 2.05) is 0 Å². The molecular weight excluding hydrogens is 325 g/mol. The lowest BCUT2D eigenvalue weighted by molar-refractivity contribution is -0.274. The van der Waals surface area contributed by atoms with Crippen LogP contribution in [0.3, 0.4) is 0 Å². The molecule has 0 aliphatic heterocycles. The number of benzene rings is 1.